The molecule has 0 bridgehead atoms. The second kappa shape index (κ2) is 9.57. The lowest BCUT2D eigenvalue weighted by Crippen LogP contribution is -2.26. The van der Waals surface area contributed by atoms with E-state index in [0.29, 0.717) is 23.2 Å². The van der Waals surface area contributed by atoms with Crippen LogP contribution >= 0.6 is 0 Å². The first-order valence-corrected chi connectivity index (χ1v) is 11.4. The second-order valence-corrected chi connectivity index (χ2v) is 9.20. The van der Waals surface area contributed by atoms with E-state index in [4.69, 9.17) is 0 Å². The van der Waals surface area contributed by atoms with E-state index in [1.165, 1.54) is 0 Å². The van der Waals surface area contributed by atoms with Crippen molar-refractivity contribution < 1.29 is 18.0 Å². The molecule has 3 aromatic rings. The molecule has 0 unspecified atom stereocenters. The van der Waals surface area contributed by atoms with Gasteiger partial charge < -0.3 is 10.2 Å². The molecule has 0 radical (unpaired) electrons. The van der Waals surface area contributed by atoms with Gasteiger partial charge in [-0.1, -0.05) is 42.5 Å². The first-order valence-electron chi connectivity index (χ1n) is 9.73. The SMILES string of the molecule is CNC(=O)c1ccc(CN(C)C(=O)c2ccc(CS(=O)(=O)c3ccccc3)cc2)cc1. The van der Waals surface area contributed by atoms with Crippen LogP contribution in [0.5, 0.6) is 0 Å². The average Bonchev–Trinajstić information content (AvgIpc) is 2.79. The molecule has 0 aromatic heterocycles. The number of amides is 2. The van der Waals surface area contributed by atoms with Crippen LogP contribution in [0.4, 0.5) is 0 Å². The molecule has 0 saturated carbocycles. The molecule has 1 N–H and O–H groups in total. The molecular weight excluding hydrogens is 412 g/mol. The number of benzene rings is 3. The van der Waals surface area contributed by atoms with Crippen LogP contribution < -0.4 is 5.32 Å². The summed E-state index contributed by atoms with van der Waals surface area (Å²) in [7, 11) is -0.167. The Morgan fingerprint density at radius 3 is 1.94 bits per heavy atom. The highest BCUT2D eigenvalue weighted by atomic mass is 32.2. The highest BCUT2D eigenvalue weighted by Gasteiger charge is 2.16. The molecule has 2 amide bonds. The summed E-state index contributed by atoms with van der Waals surface area (Å²) in [5, 5.41) is 2.57. The molecule has 0 aliphatic heterocycles. The van der Waals surface area contributed by atoms with Crippen molar-refractivity contribution in [3.05, 3.63) is 101 Å². The second-order valence-electron chi connectivity index (χ2n) is 7.21. The minimum absolute atomic E-state index is 0.126. The standard InChI is InChI=1S/C24H24N2O4S/c1-25-23(27)20-12-8-18(9-13-20)16-26(2)24(28)21-14-10-19(11-15-21)17-31(29,30)22-6-4-3-5-7-22/h3-15H,16-17H2,1-2H3,(H,25,27). The molecule has 0 aliphatic carbocycles. The molecule has 0 heterocycles. The molecule has 0 atom stereocenters. The predicted molar refractivity (Wildman–Crippen MR) is 119 cm³/mol. The van der Waals surface area contributed by atoms with Crippen LogP contribution in [-0.4, -0.2) is 39.2 Å². The molecule has 0 fully saturated rings. The Balaban J connectivity index is 1.65. The largest absolute Gasteiger partial charge is 0.355 e. The third-order valence-electron chi connectivity index (χ3n) is 4.87. The first kappa shape index (κ1) is 22.2. The van der Waals surface area contributed by atoms with Gasteiger partial charge in [-0.15, -0.1) is 0 Å². The van der Waals surface area contributed by atoms with Gasteiger partial charge in [-0.05, 0) is 47.5 Å². The van der Waals surface area contributed by atoms with Crippen LogP contribution in [0, 0.1) is 0 Å². The summed E-state index contributed by atoms with van der Waals surface area (Å²) in [4.78, 5) is 26.2. The topological polar surface area (TPSA) is 83.6 Å². The summed E-state index contributed by atoms with van der Waals surface area (Å²) < 4.78 is 25.0. The molecule has 0 spiro atoms. The van der Waals surface area contributed by atoms with Gasteiger partial charge in [0.2, 0.25) is 0 Å². The van der Waals surface area contributed by atoms with Gasteiger partial charge >= 0.3 is 0 Å². The molecular formula is C24H24N2O4S. The Morgan fingerprint density at radius 2 is 1.35 bits per heavy atom. The van der Waals surface area contributed by atoms with Gasteiger partial charge in [0, 0.05) is 31.8 Å². The maximum Gasteiger partial charge on any atom is 0.253 e. The number of hydrogen-bond donors (Lipinski definition) is 1. The van der Waals surface area contributed by atoms with Crippen LogP contribution in [0.25, 0.3) is 0 Å². The van der Waals surface area contributed by atoms with E-state index < -0.39 is 9.84 Å². The molecule has 6 nitrogen and oxygen atoms in total. The number of nitrogens with one attached hydrogen (secondary N) is 1. The van der Waals surface area contributed by atoms with Crippen LogP contribution in [0.15, 0.2) is 83.8 Å². The first-order chi connectivity index (χ1) is 14.8. The fourth-order valence-electron chi connectivity index (χ4n) is 3.15. The van der Waals surface area contributed by atoms with E-state index in [9.17, 15) is 18.0 Å². The normalized spacial score (nSPS) is 11.0. The summed E-state index contributed by atoms with van der Waals surface area (Å²) in [5.74, 6) is -0.461. The van der Waals surface area contributed by atoms with Crippen molar-refractivity contribution in [3.8, 4) is 0 Å². The van der Waals surface area contributed by atoms with E-state index in [1.54, 1.807) is 85.7 Å². The van der Waals surface area contributed by atoms with Crippen molar-refractivity contribution in [2.45, 2.75) is 17.2 Å². The zero-order chi connectivity index (χ0) is 22.4. The molecule has 31 heavy (non-hydrogen) atoms. The third-order valence-corrected chi connectivity index (χ3v) is 6.57. The van der Waals surface area contributed by atoms with Crippen LogP contribution in [0.1, 0.15) is 31.8 Å². The number of carbonyl (C=O) groups excluding carboxylic acids is 2. The zero-order valence-corrected chi connectivity index (χ0v) is 18.2. The number of nitrogens with zero attached hydrogens (tertiary/aromatic N) is 1. The molecule has 160 valence electrons. The monoisotopic (exact) mass is 436 g/mol. The maximum absolute atomic E-state index is 12.7. The number of carbonyl (C=O) groups is 2. The lowest BCUT2D eigenvalue weighted by molar-refractivity contribution is 0.0784. The molecule has 0 saturated heterocycles. The van der Waals surface area contributed by atoms with Gasteiger partial charge in [-0.25, -0.2) is 8.42 Å². The molecule has 3 rings (SSSR count). The van der Waals surface area contributed by atoms with Crippen LogP contribution in [-0.2, 0) is 22.1 Å². The molecule has 7 heteroatoms. The number of sulfone groups is 1. The van der Waals surface area contributed by atoms with Crippen molar-refractivity contribution in [1.82, 2.24) is 10.2 Å². The van der Waals surface area contributed by atoms with Gasteiger partial charge in [0.25, 0.3) is 11.8 Å². The zero-order valence-electron chi connectivity index (χ0n) is 17.4. The minimum atomic E-state index is -3.44. The Hall–Kier alpha value is -3.45. The van der Waals surface area contributed by atoms with Crippen molar-refractivity contribution in [1.29, 1.82) is 0 Å². The van der Waals surface area contributed by atoms with Gasteiger partial charge in [0.1, 0.15) is 0 Å². The summed E-state index contributed by atoms with van der Waals surface area (Å²) in [6.07, 6.45) is 0. The predicted octanol–water partition coefficient (Wildman–Crippen LogP) is 3.29. The Bertz CT molecular complexity index is 1160. The summed E-state index contributed by atoms with van der Waals surface area (Å²) in [5.41, 5.74) is 2.55. The fraction of sp³-hybridized carbons (Fsp3) is 0.167. The quantitative estimate of drug-likeness (QED) is 0.616. The van der Waals surface area contributed by atoms with Crippen LogP contribution in [0.3, 0.4) is 0 Å². The summed E-state index contributed by atoms with van der Waals surface area (Å²) in [6.45, 7) is 0.386. The van der Waals surface area contributed by atoms with Gasteiger partial charge in [0.05, 0.1) is 10.6 Å². The average molecular weight is 437 g/mol. The van der Waals surface area contributed by atoms with E-state index in [-0.39, 0.29) is 22.5 Å². The van der Waals surface area contributed by atoms with Gasteiger partial charge in [-0.3, -0.25) is 9.59 Å². The Kier molecular flexibility index (Phi) is 6.87. The van der Waals surface area contributed by atoms with E-state index in [1.807, 2.05) is 12.1 Å². The fourth-order valence-corrected chi connectivity index (χ4v) is 4.52. The summed E-state index contributed by atoms with van der Waals surface area (Å²) >= 11 is 0. The molecule has 0 aliphatic rings. The lowest BCUT2D eigenvalue weighted by Gasteiger charge is -2.18. The number of hydrogen-bond acceptors (Lipinski definition) is 4. The highest BCUT2D eigenvalue weighted by molar-refractivity contribution is 7.90. The van der Waals surface area contributed by atoms with Crippen molar-refractivity contribution in [2.75, 3.05) is 14.1 Å². The van der Waals surface area contributed by atoms with Gasteiger partial charge in [-0.2, -0.15) is 0 Å². The minimum Gasteiger partial charge on any atom is -0.355 e. The lowest BCUT2D eigenvalue weighted by atomic mass is 10.1. The van der Waals surface area contributed by atoms with E-state index >= 15 is 0 Å². The maximum atomic E-state index is 12.7. The van der Waals surface area contributed by atoms with E-state index in [2.05, 4.69) is 5.32 Å². The van der Waals surface area contributed by atoms with Crippen LogP contribution in [0.2, 0.25) is 0 Å². The molecule has 3 aromatic carbocycles. The third kappa shape index (κ3) is 5.58. The Labute approximate surface area is 182 Å². The van der Waals surface area contributed by atoms with E-state index in [0.717, 1.165) is 5.56 Å². The van der Waals surface area contributed by atoms with Crippen molar-refractivity contribution in [3.63, 3.8) is 0 Å². The Morgan fingerprint density at radius 1 is 0.806 bits per heavy atom. The van der Waals surface area contributed by atoms with Crippen molar-refractivity contribution >= 4 is 21.7 Å². The van der Waals surface area contributed by atoms with Gasteiger partial charge in [0.15, 0.2) is 9.84 Å². The smallest absolute Gasteiger partial charge is 0.253 e. The van der Waals surface area contributed by atoms with Crippen molar-refractivity contribution in [2.24, 2.45) is 0 Å². The highest BCUT2D eigenvalue weighted by Crippen LogP contribution is 2.17. The number of rotatable bonds is 7. The summed E-state index contributed by atoms with van der Waals surface area (Å²) in [6, 6.07) is 22.0.